The van der Waals surface area contributed by atoms with Crippen LogP contribution in [-0.2, 0) is 17.7 Å². The van der Waals surface area contributed by atoms with E-state index in [0.717, 1.165) is 46.5 Å². The van der Waals surface area contributed by atoms with Crippen LogP contribution in [-0.4, -0.2) is 51.6 Å². The van der Waals surface area contributed by atoms with E-state index < -0.39 is 0 Å². The van der Waals surface area contributed by atoms with Gasteiger partial charge in [0.1, 0.15) is 11.6 Å². The van der Waals surface area contributed by atoms with Gasteiger partial charge in [-0.3, -0.25) is 4.90 Å². The second-order valence-electron chi connectivity index (χ2n) is 8.93. The number of aromatic amines is 2. The van der Waals surface area contributed by atoms with E-state index >= 15 is 0 Å². The first-order chi connectivity index (χ1) is 16.5. The second kappa shape index (κ2) is 9.29. The molecule has 1 atom stereocenters. The maximum absolute atomic E-state index is 6.06. The van der Waals surface area contributed by atoms with E-state index in [-0.39, 0.29) is 0 Å². The molecule has 7 heteroatoms. The highest BCUT2D eigenvalue weighted by molar-refractivity contribution is 5.95. The number of methoxy groups -OCH3 is 1. The highest BCUT2D eigenvalue weighted by Crippen LogP contribution is 2.31. The molecule has 174 valence electrons. The first-order valence-corrected chi connectivity index (χ1v) is 11.5. The fraction of sp³-hybridized carbons (Fsp3) is 0.259. The SMILES string of the molecule is COCC(Cc1ccccc1)N(C)Cc1ccc2[nH]c(-c3cc(N)nc4nc(C)[nH]c34)cc2c1. The van der Waals surface area contributed by atoms with Crippen LogP contribution in [0.15, 0.2) is 60.7 Å². The van der Waals surface area contributed by atoms with Gasteiger partial charge in [0.15, 0.2) is 5.65 Å². The molecule has 1 unspecified atom stereocenters. The topological polar surface area (TPSA) is 95.8 Å². The van der Waals surface area contributed by atoms with Gasteiger partial charge < -0.3 is 20.4 Å². The van der Waals surface area contributed by atoms with Crippen molar-refractivity contribution in [2.75, 3.05) is 26.5 Å². The molecule has 5 rings (SSSR count). The van der Waals surface area contributed by atoms with Crippen molar-refractivity contribution in [1.29, 1.82) is 0 Å². The number of nitrogens with two attached hydrogens (primary N) is 1. The number of benzene rings is 2. The van der Waals surface area contributed by atoms with Crippen LogP contribution in [0.25, 0.3) is 33.3 Å². The largest absolute Gasteiger partial charge is 0.384 e. The first-order valence-electron chi connectivity index (χ1n) is 11.5. The minimum absolute atomic E-state index is 0.293. The summed E-state index contributed by atoms with van der Waals surface area (Å²) in [6, 6.07) is 21.5. The number of aryl methyl sites for hydroxylation is 1. The van der Waals surface area contributed by atoms with Crippen molar-refractivity contribution in [1.82, 2.24) is 24.8 Å². The number of nitrogens with zero attached hydrogens (tertiary/aromatic N) is 3. The molecule has 0 radical (unpaired) electrons. The monoisotopic (exact) mass is 454 g/mol. The molecule has 3 aromatic heterocycles. The van der Waals surface area contributed by atoms with E-state index in [1.165, 1.54) is 11.1 Å². The molecule has 34 heavy (non-hydrogen) atoms. The van der Waals surface area contributed by atoms with Crippen LogP contribution >= 0.6 is 0 Å². The van der Waals surface area contributed by atoms with E-state index in [4.69, 9.17) is 10.5 Å². The van der Waals surface area contributed by atoms with Crippen molar-refractivity contribution in [3.05, 3.63) is 77.6 Å². The lowest BCUT2D eigenvalue weighted by Gasteiger charge is -2.28. The van der Waals surface area contributed by atoms with Gasteiger partial charge in [-0.1, -0.05) is 36.4 Å². The Bertz CT molecular complexity index is 1420. The van der Waals surface area contributed by atoms with Crippen LogP contribution in [0.3, 0.4) is 0 Å². The molecule has 0 aliphatic carbocycles. The van der Waals surface area contributed by atoms with Gasteiger partial charge in [-0.2, -0.15) is 0 Å². The molecule has 3 heterocycles. The van der Waals surface area contributed by atoms with Gasteiger partial charge in [-0.25, -0.2) is 9.97 Å². The lowest BCUT2D eigenvalue weighted by atomic mass is 10.0. The van der Waals surface area contributed by atoms with Gasteiger partial charge in [-0.15, -0.1) is 0 Å². The quantitative estimate of drug-likeness (QED) is 0.316. The third-order valence-electron chi connectivity index (χ3n) is 6.30. The molecule has 7 nitrogen and oxygen atoms in total. The minimum atomic E-state index is 0.293. The maximum atomic E-state index is 6.06. The standard InChI is InChI=1S/C27H30N6O/c1-17-29-26-22(14-25(28)32-27(26)30-17)24-13-20-11-19(9-10-23(20)31-24)15-33(2)21(16-34-3)12-18-7-5-4-6-8-18/h4-11,13-14,21,31H,12,15-16H2,1-3H3,(H3,28,29,30,32). The highest BCUT2D eigenvalue weighted by Gasteiger charge is 2.17. The van der Waals surface area contributed by atoms with Gasteiger partial charge in [0, 0.05) is 41.9 Å². The number of imidazole rings is 1. The number of fused-ring (bicyclic) bond motifs is 2. The number of anilines is 1. The summed E-state index contributed by atoms with van der Waals surface area (Å²) in [7, 11) is 3.93. The van der Waals surface area contributed by atoms with Gasteiger partial charge in [0.2, 0.25) is 0 Å². The van der Waals surface area contributed by atoms with E-state index in [1.54, 1.807) is 7.11 Å². The van der Waals surface area contributed by atoms with Crippen molar-refractivity contribution in [2.24, 2.45) is 0 Å². The summed E-state index contributed by atoms with van der Waals surface area (Å²) in [6.45, 7) is 3.44. The third-order valence-corrected chi connectivity index (χ3v) is 6.30. The summed E-state index contributed by atoms with van der Waals surface area (Å²) in [5, 5.41) is 1.16. The van der Waals surface area contributed by atoms with Crippen LogP contribution < -0.4 is 5.73 Å². The van der Waals surface area contributed by atoms with Crippen molar-refractivity contribution < 1.29 is 4.74 Å². The summed E-state index contributed by atoms with van der Waals surface area (Å²) in [5.74, 6) is 1.27. The molecule has 0 aliphatic heterocycles. The maximum Gasteiger partial charge on any atom is 0.180 e. The number of hydrogen-bond acceptors (Lipinski definition) is 5. The van der Waals surface area contributed by atoms with E-state index in [1.807, 2.05) is 13.0 Å². The molecule has 0 aliphatic rings. The number of aromatic nitrogens is 4. The average Bonchev–Trinajstić information content (AvgIpc) is 3.41. The zero-order valence-corrected chi connectivity index (χ0v) is 19.8. The molecule has 5 aromatic rings. The van der Waals surface area contributed by atoms with E-state index in [2.05, 4.69) is 86.5 Å². The lowest BCUT2D eigenvalue weighted by Crippen LogP contribution is -2.36. The number of nitrogens with one attached hydrogen (secondary N) is 2. The molecule has 2 aromatic carbocycles. The predicted octanol–water partition coefficient (Wildman–Crippen LogP) is 4.69. The molecule has 0 saturated carbocycles. The van der Waals surface area contributed by atoms with Crippen LogP contribution in [0.1, 0.15) is 17.0 Å². The van der Waals surface area contributed by atoms with Gasteiger partial charge >= 0.3 is 0 Å². The van der Waals surface area contributed by atoms with Crippen LogP contribution in [0.5, 0.6) is 0 Å². The van der Waals surface area contributed by atoms with Gasteiger partial charge in [0.05, 0.1) is 12.1 Å². The van der Waals surface area contributed by atoms with Crippen LogP contribution in [0, 0.1) is 6.92 Å². The number of nitrogen functional groups attached to an aromatic ring is 1. The fourth-order valence-electron chi connectivity index (χ4n) is 4.60. The molecule has 0 amide bonds. The molecule has 0 saturated heterocycles. The highest BCUT2D eigenvalue weighted by atomic mass is 16.5. The fourth-order valence-corrected chi connectivity index (χ4v) is 4.60. The van der Waals surface area contributed by atoms with Crippen LogP contribution in [0.2, 0.25) is 0 Å². The average molecular weight is 455 g/mol. The molecule has 0 spiro atoms. The Morgan fingerprint density at radius 2 is 1.82 bits per heavy atom. The number of likely N-dealkylation sites (N-methyl/N-ethyl adjacent to an activating group) is 1. The Kier molecular flexibility index (Phi) is 6.04. The van der Waals surface area contributed by atoms with Crippen molar-refractivity contribution in [3.63, 3.8) is 0 Å². The Labute approximate surface area is 199 Å². The van der Waals surface area contributed by atoms with E-state index in [9.17, 15) is 0 Å². The number of pyridine rings is 1. The molecule has 0 fully saturated rings. The number of hydrogen-bond donors (Lipinski definition) is 3. The first kappa shape index (κ1) is 22.1. The summed E-state index contributed by atoms with van der Waals surface area (Å²) in [5.41, 5.74) is 13.2. The summed E-state index contributed by atoms with van der Waals surface area (Å²) in [6.07, 6.45) is 0.949. The van der Waals surface area contributed by atoms with Crippen molar-refractivity contribution in [2.45, 2.75) is 25.9 Å². The Balaban J connectivity index is 1.41. The van der Waals surface area contributed by atoms with Gasteiger partial charge in [0.25, 0.3) is 0 Å². The Morgan fingerprint density at radius 3 is 2.62 bits per heavy atom. The Hall–Kier alpha value is -3.68. The normalized spacial score (nSPS) is 12.7. The molecule has 4 N–H and O–H groups in total. The van der Waals surface area contributed by atoms with Gasteiger partial charge in [-0.05, 0) is 55.8 Å². The summed E-state index contributed by atoms with van der Waals surface area (Å²) < 4.78 is 5.53. The molecular formula is C27H30N6O. The molecule has 0 bridgehead atoms. The lowest BCUT2D eigenvalue weighted by molar-refractivity contribution is 0.102. The number of ether oxygens (including phenoxy) is 1. The number of H-pyrrole nitrogens is 2. The predicted molar refractivity (Wildman–Crippen MR) is 138 cm³/mol. The smallest absolute Gasteiger partial charge is 0.180 e. The summed E-state index contributed by atoms with van der Waals surface area (Å²) >= 11 is 0. The summed E-state index contributed by atoms with van der Waals surface area (Å²) in [4.78, 5) is 18.0. The Morgan fingerprint density at radius 1 is 1.00 bits per heavy atom. The zero-order valence-electron chi connectivity index (χ0n) is 19.8. The van der Waals surface area contributed by atoms with E-state index in [0.29, 0.717) is 24.1 Å². The minimum Gasteiger partial charge on any atom is -0.384 e. The third kappa shape index (κ3) is 4.53. The number of rotatable bonds is 8. The second-order valence-corrected chi connectivity index (χ2v) is 8.93. The zero-order chi connectivity index (χ0) is 23.7. The van der Waals surface area contributed by atoms with Crippen molar-refractivity contribution in [3.8, 4) is 11.3 Å². The van der Waals surface area contributed by atoms with Crippen LogP contribution in [0.4, 0.5) is 5.82 Å². The molecular weight excluding hydrogens is 424 g/mol. The van der Waals surface area contributed by atoms with Crippen molar-refractivity contribution >= 4 is 27.9 Å².